The molecule has 0 radical (unpaired) electrons. The van der Waals surface area contributed by atoms with Gasteiger partial charge in [0, 0.05) is 13.1 Å². The first kappa shape index (κ1) is 19.8. The van der Waals surface area contributed by atoms with E-state index < -0.39 is 29.1 Å². The molecule has 1 aromatic carbocycles. The zero-order valence-electron chi connectivity index (χ0n) is 15.7. The molecule has 1 N–H and O–H groups in total. The summed E-state index contributed by atoms with van der Waals surface area (Å²) in [6.07, 6.45) is 0.00220. The molecule has 2 rings (SSSR count). The smallest absolute Gasteiger partial charge is 0.411 e. The number of amides is 2. The summed E-state index contributed by atoms with van der Waals surface area (Å²) in [7, 11) is 1.21. The molecule has 26 heavy (non-hydrogen) atoms. The van der Waals surface area contributed by atoms with Crippen molar-refractivity contribution < 1.29 is 23.9 Å². The maximum atomic E-state index is 13.0. The lowest BCUT2D eigenvalue weighted by Gasteiger charge is -2.35. The fourth-order valence-electron chi connectivity index (χ4n) is 3.02. The van der Waals surface area contributed by atoms with Crippen molar-refractivity contribution in [3.8, 4) is 0 Å². The third kappa shape index (κ3) is 4.15. The van der Waals surface area contributed by atoms with E-state index >= 15 is 0 Å². The van der Waals surface area contributed by atoms with Crippen LogP contribution in [0.5, 0.6) is 0 Å². The third-order valence-electron chi connectivity index (χ3n) is 4.19. The maximum absolute atomic E-state index is 13.0. The standard InChI is InChI=1S/C19H26N2O5/c1-18(2,3)26-17(24)21-12-8-11-19(21,16(23)25-4)15(22)20-13-14-9-6-5-7-10-14/h5-7,9-10H,8,11-13H2,1-4H3,(H,20,22). The highest BCUT2D eigenvalue weighted by Crippen LogP contribution is 2.32. The van der Waals surface area contributed by atoms with E-state index in [4.69, 9.17) is 9.47 Å². The van der Waals surface area contributed by atoms with Crippen molar-refractivity contribution in [3.63, 3.8) is 0 Å². The molecule has 0 bridgehead atoms. The van der Waals surface area contributed by atoms with Crippen LogP contribution in [-0.2, 0) is 25.6 Å². The zero-order chi connectivity index (χ0) is 19.4. The minimum atomic E-state index is -1.70. The Kier molecular flexibility index (Phi) is 5.90. The molecule has 1 fully saturated rings. The highest BCUT2D eigenvalue weighted by atomic mass is 16.6. The van der Waals surface area contributed by atoms with E-state index in [0.29, 0.717) is 6.42 Å². The monoisotopic (exact) mass is 362 g/mol. The molecule has 1 atom stereocenters. The van der Waals surface area contributed by atoms with Crippen LogP contribution >= 0.6 is 0 Å². The van der Waals surface area contributed by atoms with Gasteiger partial charge in [0.15, 0.2) is 0 Å². The number of rotatable bonds is 4. The van der Waals surface area contributed by atoms with Gasteiger partial charge in [-0.2, -0.15) is 0 Å². The Morgan fingerprint density at radius 1 is 1.19 bits per heavy atom. The fraction of sp³-hybridized carbons (Fsp3) is 0.526. The summed E-state index contributed by atoms with van der Waals surface area (Å²) >= 11 is 0. The summed E-state index contributed by atoms with van der Waals surface area (Å²) in [6.45, 7) is 5.70. The van der Waals surface area contributed by atoms with E-state index in [1.165, 1.54) is 12.0 Å². The predicted octanol–water partition coefficient (Wildman–Crippen LogP) is 2.25. The van der Waals surface area contributed by atoms with Crippen LogP contribution in [0.2, 0.25) is 0 Å². The number of likely N-dealkylation sites (tertiary alicyclic amines) is 1. The van der Waals surface area contributed by atoms with E-state index in [1.54, 1.807) is 20.8 Å². The van der Waals surface area contributed by atoms with Crippen LogP contribution in [0.3, 0.4) is 0 Å². The summed E-state index contributed by atoms with van der Waals surface area (Å²) in [5.41, 5.74) is -1.55. The van der Waals surface area contributed by atoms with Gasteiger partial charge in [-0.25, -0.2) is 9.59 Å². The molecule has 7 heteroatoms. The lowest BCUT2D eigenvalue weighted by Crippen LogP contribution is -2.63. The van der Waals surface area contributed by atoms with Crippen LogP contribution in [0.1, 0.15) is 39.2 Å². The summed E-state index contributed by atoms with van der Waals surface area (Å²) < 4.78 is 10.3. The van der Waals surface area contributed by atoms with Gasteiger partial charge in [-0.1, -0.05) is 30.3 Å². The first-order valence-corrected chi connectivity index (χ1v) is 8.62. The van der Waals surface area contributed by atoms with Gasteiger partial charge in [0.25, 0.3) is 5.91 Å². The van der Waals surface area contributed by atoms with E-state index in [1.807, 2.05) is 30.3 Å². The molecule has 1 heterocycles. The van der Waals surface area contributed by atoms with Gasteiger partial charge in [-0.3, -0.25) is 9.69 Å². The van der Waals surface area contributed by atoms with Crippen molar-refractivity contribution in [3.05, 3.63) is 35.9 Å². The Hall–Kier alpha value is -2.57. The first-order valence-electron chi connectivity index (χ1n) is 8.62. The second kappa shape index (κ2) is 7.76. The Morgan fingerprint density at radius 3 is 2.42 bits per heavy atom. The number of carbonyl (C=O) groups is 3. The van der Waals surface area contributed by atoms with Crippen LogP contribution in [0, 0.1) is 0 Å². The number of benzene rings is 1. The Labute approximate surface area is 153 Å². The summed E-state index contributed by atoms with van der Waals surface area (Å²) in [5.74, 6) is -1.32. The van der Waals surface area contributed by atoms with Gasteiger partial charge in [-0.15, -0.1) is 0 Å². The van der Waals surface area contributed by atoms with Crippen molar-refractivity contribution in [1.82, 2.24) is 10.2 Å². The second-order valence-corrected chi connectivity index (χ2v) is 7.26. The van der Waals surface area contributed by atoms with Crippen molar-refractivity contribution >= 4 is 18.0 Å². The molecular formula is C19H26N2O5. The SMILES string of the molecule is COC(=O)C1(C(=O)NCc2ccccc2)CCCN1C(=O)OC(C)(C)C. The van der Waals surface area contributed by atoms with E-state index in [9.17, 15) is 14.4 Å². The molecule has 1 saturated heterocycles. The minimum Gasteiger partial charge on any atom is -0.467 e. The van der Waals surface area contributed by atoms with Gasteiger partial charge >= 0.3 is 12.1 Å². The minimum absolute atomic E-state index is 0.194. The number of hydrogen-bond donors (Lipinski definition) is 1. The Morgan fingerprint density at radius 2 is 1.85 bits per heavy atom. The molecule has 0 spiro atoms. The van der Waals surface area contributed by atoms with Gasteiger partial charge in [-0.05, 0) is 39.2 Å². The first-order chi connectivity index (χ1) is 12.2. The normalized spacial score (nSPS) is 19.8. The number of esters is 1. The number of ether oxygens (including phenoxy) is 2. The maximum Gasteiger partial charge on any atom is 0.411 e. The van der Waals surface area contributed by atoms with E-state index in [2.05, 4.69) is 5.32 Å². The van der Waals surface area contributed by atoms with Crippen molar-refractivity contribution in [2.45, 2.75) is 51.3 Å². The average molecular weight is 362 g/mol. The molecule has 1 aromatic rings. The van der Waals surface area contributed by atoms with E-state index in [0.717, 1.165) is 5.56 Å². The van der Waals surface area contributed by atoms with Gasteiger partial charge in [0.1, 0.15) is 5.60 Å². The zero-order valence-corrected chi connectivity index (χ0v) is 15.7. The quantitative estimate of drug-likeness (QED) is 0.656. The highest BCUT2D eigenvalue weighted by molar-refractivity contribution is 6.10. The van der Waals surface area contributed by atoms with Crippen LogP contribution in [0.25, 0.3) is 0 Å². The van der Waals surface area contributed by atoms with Crippen LogP contribution in [0.15, 0.2) is 30.3 Å². The molecular weight excluding hydrogens is 336 g/mol. The molecule has 0 aromatic heterocycles. The number of nitrogens with zero attached hydrogens (tertiary/aromatic N) is 1. The Bertz CT molecular complexity index is 668. The molecule has 7 nitrogen and oxygen atoms in total. The van der Waals surface area contributed by atoms with Crippen molar-refractivity contribution in [2.75, 3.05) is 13.7 Å². The van der Waals surface area contributed by atoms with Gasteiger partial charge < -0.3 is 14.8 Å². The van der Waals surface area contributed by atoms with Crippen molar-refractivity contribution in [1.29, 1.82) is 0 Å². The molecule has 1 aliphatic heterocycles. The van der Waals surface area contributed by atoms with Gasteiger partial charge in [0.2, 0.25) is 5.54 Å². The van der Waals surface area contributed by atoms with Crippen LogP contribution in [-0.4, -0.2) is 47.7 Å². The number of nitrogens with one attached hydrogen (secondary N) is 1. The Balaban J connectivity index is 2.24. The molecule has 0 saturated carbocycles. The topological polar surface area (TPSA) is 84.9 Å². The fourth-order valence-corrected chi connectivity index (χ4v) is 3.02. The third-order valence-corrected chi connectivity index (χ3v) is 4.19. The van der Waals surface area contributed by atoms with E-state index in [-0.39, 0.29) is 19.5 Å². The molecule has 142 valence electrons. The lowest BCUT2D eigenvalue weighted by atomic mass is 9.94. The average Bonchev–Trinajstić information content (AvgIpc) is 3.04. The summed E-state index contributed by atoms with van der Waals surface area (Å²) in [4.78, 5) is 39.3. The number of carbonyl (C=O) groups excluding carboxylic acids is 3. The number of hydrogen-bond acceptors (Lipinski definition) is 5. The number of methoxy groups -OCH3 is 1. The largest absolute Gasteiger partial charge is 0.467 e. The van der Waals surface area contributed by atoms with Crippen molar-refractivity contribution in [2.24, 2.45) is 0 Å². The summed E-state index contributed by atoms with van der Waals surface area (Å²) in [6, 6.07) is 9.33. The van der Waals surface area contributed by atoms with Gasteiger partial charge in [0.05, 0.1) is 7.11 Å². The predicted molar refractivity (Wildman–Crippen MR) is 95.2 cm³/mol. The summed E-state index contributed by atoms with van der Waals surface area (Å²) in [5, 5.41) is 2.76. The molecule has 1 aliphatic rings. The second-order valence-electron chi connectivity index (χ2n) is 7.26. The molecule has 2 amide bonds. The lowest BCUT2D eigenvalue weighted by molar-refractivity contribution is -0.159. The highest BCUT2D eigenvalue weighted by Gasteiger charge is 2.57. The molecule has 0 aliphatic carbocycles. The molecule has 1 unspecified atom stereocenters. The van der Waals surface area contributed by atoms with Crippen LogP contribution in [0.4, 0.5) is 4.79 Å². The van der Waals surface area contributed by atoms with Crippen LogP contribution < -0.4 is 5.32 Å².